The van der Waals surface area contributed by atoms with E-state index in [1.807, 2.05) is 12.1 Å². The van der Waals surface area contributed by atoms with Crippen LogP contribution in [0, 0.1) is 0 Å². The van der Waals surface area contributed by atoms with Gasteiger partial charge in [-0.2, -0.15) is 0 Å². The number of hydrogen-bond acceptors (Lipinski definition) is 1. The number of nitrogens with one attached hydrogen (secondary N) is 1. The minimum absolute atomic E-state index is 0. The number of rotatable bonds is 3. The zero-order chi connectivity index (χ0) is 9.84. The zero-order valence-electron chi connectivity index (χ0n) is 8.18. The van der Waals surface area contributed by atoms with Gasteiger partial charge in [-0.15, -0.1) is 12.4 Å². The van der Waals surface area contributed by atoms with E-state index in [1.165, 1.54) is 5.56 Å². The van der Waals surface area contributed by atoms with Gasteiger partial charge in [0.1, 0.15) is 0 Å². The third-order valence-electron chi connectivity index (χ3n) is 1.64. The maximum absolute atomic E-state index is 5.91. The molecule has 0 fully saturated rings. The highest BCUT2D eigenvalue weighted by Gasteiger charge is 1.98. The van der Waals surface area contributed by atoms with Gasteiger partial charge < -0.3 is 5.32 Å². The van der Waals surface area contributed by atoms with Gasteiger partial charge in [0, 0.05) is 22.1 Å². The molecule has 0 amide bonds. The monoisotopic (exact) mass is 297 g/mol. The van der Waals surface area contributed by atoms with Crippen LogP contribution < -0.4 is 5.32 Å². The van der Waals surface area contributed by atoms with E-state index in [0.717, 1.165) is 16.0 Å². The summed E-state index contributed by atoms with van der Waals surface area (Å²) in [6.45, 7) is 5.11. The van der Waals surface area contributed by atoms with Gasteiger partial charge in [0.2, 0.25) is 0 Å². The van der Waals surface area contributed by atoms with Crippen molar-refractivity contribution in [2.45, 2.75) is 26.4 Å². The Balaban J connectivity index is 0.00000169. The van der Waals surface area contributed by atoms with Gasteiger partial charge >= 0.3 is 0 Å². The predicted molar refractivity (Wildman–Crippen MR) is 68.4 cm³/mol. The second kappa shape index (κ2) is 6.67. The third kappa shape index (κ3) is 5.20. The van der Waals surface area contributed by atoms with Crippen LogP contribution in [0.5, 0.6) is 0 Å². The Hall–Kier alpha value is 0.240. The highest BCUT2D eigenvalue weighted by Crippen LogP contribution is 2.19. The molecule has 1 aromatic carbocycles. The van der Waals surface area contributed by atoms with Crippen molar-refractivity contribution in [3.8, 4) is 0 Å². The number of hydrogen-bond donors (Lipinski definition) is 1. The fraction of sp³-hybridized carbons (Fsp3) is 0.400. The molecule has 0 saturated heterocycles. The van der Waals surface area contributed by atoms with Gasteiger partial charge in [-0.25, -0.2) is 0 Å². The van der Waals surface area contributed by atoms with Crippen LogP contribution in [0.1, 0.15) is 19.4 Å². The topological polar surface area (TPSA) is 12.0 Å². The van der Waals surface area contributed by atoms with E-state index in [2.05, 4.69) is 41.2 Å². The van der Waals surface area contributed by atoms with E-state index >= 15 is 0 Å². The number of benzene rings is 1. The van der Waals surface area contributed by atoms with E-state index in [-0.39, 0.29) is 12.4 Å². The van der Waals surface area contributed by atoms with Crippen molar-refractivity contribution < 1.29 is 0 Å². The van der Waals surface area contributed by atoms with Crippen LogP contribution in [-0.2, 0) is 6.54 Å². The maximum atomic E-state index is 5.91. The summed E-state index contributed by atoms with van der Waals surface area (Å²) in [7, 11) is 0. The molecule has 0 saturated carbocycles. The van der Waals surface area contributed by atoms with Crippen molar-refractivity contribution in [1.29, 1.82) is 0 Å². The van der Waals surface area contributed by atoms with Crippen LogP contribution in [0.4, 0.5) is 0 Å². The zero-order valence-corrected chi connectivity index (χ0v) is 11.3. The fourth-order valence-electron chi connectivity index (χ4n) is 1.03. The van der Waals surface area contributed by atoms with Crippen LogP contribution in [0.15, 0.2) is 22.7 Å². The van der Waals surface area contributed by atoms with Crippen LogP contribution >= 0.6 is 39.9 Å². The molecule has 0 unspecified atom stereocenters. The molecule has 0 aromatic heterocycles. The largest absolute Gasteiger partial charge is 0.310 e. The lowest BCUT2D eigenvalue weighted by Crippen LogP contribution is -2.21. The Kier molecular flexibility index (Phi) is 6.79. The average molecular weight is 299 g/mol. The van der Waals surface area contributed by atoms with Crippen molar-refractivity contribution in [3.63, 3.8) is 0 Å². The van der Waals surface area contributed by atoms with Crippen molar-refractivity contribution in [1.82, 2.24) is 5.32 Å². The van der Waals surface area contributed by atoms with Gasteiger partial charge in [-0.05, 0) is 23.8 Å². The van der Waals surface area contributed by atoms with Crippen LogP contribution in [0.25, 0.3) is 0 Å². The molecule has 0 aliphatic heterocycles. The Morgan fingerprint density at radius 3 is 2.50 bits per heavy atom. The van der Waals surface area contributed by atoms with Crippen molar-refractivity contribution >= 4 is 39.9 Å². The molecule has 0 heterocycles. The van der Waals surface area contributed by atoms with E-state index in [4.69, 9.17) is 11.6 Å². The predicted octanol–water partition coefficient (Wildman–Crippen LogP) is 4.02. The van der Waals surface area contributed by atoms with Crippen molar-refractivity contribution in [3.05, 3.63) is 33.3 Å². The molecule has 14 heavy (non-hydrogen) atoms. The molecule has 0 spiro atoms. The summed E-state index contributed by atoms with van der Waals surface area (Å²) in [5, 5.41) is 4.11. The summed E-state index contributed by atoms with van der Waals surface area (Å²) in [4.78, 5) is 0. The van der Waals surface area contributed by atoms with E-state index in [1.54, 1.807) is 0 Å². The highest BCUT2D eigenvalue weighted by atomic mass is 79.9. The first-order valence-corrected chi connectivity index (χ1v) is 5.43. The second-order valence-corrected chi connectivity index (χ2v) is 4.67. The summed E-state index contributed by atoms with van der Waals surface area (Å²) in [5.41, 5.74) is 1.20. The van der Waals surface area contributed by atoms with Gasteiger partial charge in [-0.3, -0.25) is 0 Å². The summed E-state index contributed by atoms with van der Waals surface area (Å²) >= 11 is 9.32. The van der Waals surface area contributed by atoms with Gasteiger partial charge in [0.15, 0.2) is 0 Å². The summed E-state index contributed by atoms with van der Waals surface area (Å²) in [6, 6.07) is 6.43. The Labute approximate surface area is 105 Å². The van der Waals surface area contributed by atoms with Gasteiger partial charge in [0.05, 0.1) is 0 Å². The molecule has 0 aliphatic rings. The molecule has 0 radical (unpaired) electrons. The molecular weight excluding hydrogens is 285 g/mol. The molecule has 1 N–H and O–H groups in total. The molecule has 1 rings (SSSR count). The molecule has 4 heteroatoms. The van der Waals surface area contributed by atoms with Gasteiger partial charge in [0.25, 0.3) is 0 Å². The molecule has 1 aromatic rings. The highest BCUT2D eigenvalue weighted by molar-refractivity contribution is 9.10. The molecule has 0 bridgehead atoms. The average Bonchev–Trinajstić information content (AvgIpc) is 1.99. The Morgan fingerprint density at radius 1 is 1.36 bits per heavy atom. The maximum Gasteiger partial charge on any atom is 0.0420 e. The van der Waals surface area contributed by atoms with Crippen molar-refractivity contribution in [2.75, 3.05) is 0 Å². The van der Waals surface area contributed by atoms with E-state index in [0.29, 0.717) is 6.04 Å². The third-order valence-corrected chi connectivity index (χ3v) is 2.31. The fourth-order valence-corrected chi connectivity index (χ4v) is 1.97. The standard InChI is InChI=1S/C10H13BrClN.ClH/c1-7(2)13-6-8-3-9(11)5-10(12)4-8;/h3-5,7,13H,6H2,1-2H3;1H. The number of halogens is 3. The molecular formula is C10H14BrCl2N. The lowest BCUT2D eigenvalue weighted by molar-refractivity contribution is 0.589. The van der Waals surface area contributed by atoms with Crippen LogP contribution in [-0.4, -0.2) is 6.04 Å². The van der Waals surface area contributed by atoms with E-state index < -0.39 is 0 Å². The molecule has 0 aliphatic carbocycles. The molecule has 80 valence electrons. The summed E-state index contributed by atoms with van der Waals surface area (Å²) in [5.74, 6) is 0. The lowest BCUT2D eigenvalue weighted by atomic mass is 10.2. The van der Waals surface area contributed by atoms with Crippen molar-refractivity contribution in [2.24, 2.45) is 0 Å². The minimum atomic E-state index is 0. The first kappa shape index (κ1) is 14.2. The first-order chi connectivity index (χ1) is 6.08. The molecule has 0 atom stereocenters. The smallest absolute Gasteiger partial charge is 0.0420 e. The minimum Gasteiger partial charge on any atom is -0.310 e. The lowest BCUT2D eigenvalue weighted by Gasteiger charge is -2.08. The van der Waals surface area contributed by atoms with Crippen LogP contribution in [0.3, 0.4) is 0 Å². The van der Waals surface area contributed by atoms with Gasteiger partial charge in [-0.1, -0.05) is 41.4 Å². The summed E-state index contributed by atoms with van der Waals surface area (Å²) < 4.78 is 1.03. The summed E-state index contributed by atoms with van der Waals surface area (Å²) in [6.07, 6.45) is 0. The van der Waals surface area contributed by atoms with Crippen LogP contribution in [0.2, 0.25) is 5.02 Å². The van der Waals surface area contributed by atoms with E-state index in [9.17, 15) is 0 Å². The SMILES string of the molecule is CC(C)NCc1cc(Cl)cc(Br)c1.Cl. The Morgan fingerprint density at radius 2 is 2.00 bits per heavy atom. The normalized spacial score (nSPS) is 10.1. The Bertz CT molecular complexity index is 269. The quantitative estimate of drug-likeness (QED) is 0.889. The second-order valence-electron chi connectivity index (χ2n) is 3.31. The first-order valence-electron chi connectivity index (χ1n) is 4.26. The molecule has 1 nitrogen and oxygen atoms in total.